The molecule has 0 spiro atoms. The molecule has 1 amide bonds. The minimum absolute atomic E-state index is 0.0674. The lowest BCUT2D eigenvalue weighted by atomic mass is 9.94. The number of methoxy groups -OCH3 is 1. The lowest BCUT2D eigenvalue weighted by molar-refractivity contribution is -0.140. The van der Waals surface area contributed by atoms with E-state index in [1.165, 1.54) is 0 Å². The molecule has 2 fully saturated rings. The summed E-state index contributed by atoms with van der Waals surface area (Å²) >= 11 is 0. The van der Waals surface area contributed by atoms with Crippen molar-refractivity contribution in [1.82, 2.24) is 9.80 Å². The molecule has 8 heteroatoms. The van der Waals surface area contributed by atoms with E-state index in [2.05, 4.69) is 4.90 Å². The van der Waals surface area contributed by atoms with Gasteiger partial charge >= 0.3 is 0 Å². The Bertz CT molecular complexity index is 1400. The largest absolute Gasteiger partial charge is 0.507 e. The van der Waals surface area contributed by atoms with Crippen molar-refractivity contribution in [2.75, 3.05) is 46.5 Å². The lowest BCUT2D eigenvalue weighted by Gasteiger charge is -2.29. The minimum Gasteiger partial charge on any atom is -0.507 e. The molecule has 0 aromatic heterocycles. The first-order valence-electron chi connectivity index (χ1n) is 13.5. The zero-order valence-corrected chi connectivity index (χ0v) is 22.8. The monoisotopic (exact) mass is 542 g/mol. The van der Waals surface area contributed by atoms with Gasteiger partial charge in [-0.1, -0.05) is 30.3 Å². The van der Waals surface area contributed by atoms with Gasteiger partial charge in [0, 0.05) is 31.7 Å². The summed E-state index contributed by atoms with van der Waals surface area (Å²) in [4.78, 5) is 30.7. The number of carbonyl (C=O) groups excluding carboxylic acids is 2. The first-order valence-corrected chi connectivity index (χ1v) is 13.5. The quantitative estimate of drug-likeness (QED) is 0.233. The second kappa shape index (κ2) is 12.4. The predicted octanol–water partition coefficient (Wildman–Crippen LogP) is 4.94. The maximum atomic E-state index is 13.5. The SMILES string of the molecule is COc1ccc(/C(O)=C2/C(=O)C(=O)N(CCCN3CCOCC3)C2c2cccc(Oc3ccccc3)c2)cc1C. The maximum absolute atomic E-state index is 13.5. The van der Waals surface area contributed by atoms with Crippen LogP contribution in [0.1, 0.15) is 29.2 Å². The summed E-state index contributed by atoms with van der Waals surface area (Å²) in [6.07, 6.45) is 0.686. The lowest BCUT2D eigenvalue weighted by Crippen LogP contribution is -2.38. The number of benzene rings is 3. The number of para-hydroxylation sites is 1. The molecule has 208 valence electrons. The Kier molecular flexibility index (Phi) is 8.48. The fraction of sp³-hybridized carbons (Fsp3) is 0.312. The van der Waals surface area contributed by atoms with Crippen LogP contribution in [0, 0.1) is 6.92 Å². The fourth-order valence-electron chi connectivity index (χ4n) is 5.30. The smallest absolute Gasteiger partial charge is 0.295 e. The third-order valence-corrected chi connectivity index (χ3v) is 7.34. The summed E-state index contributed by atoms with van der Waals surface area (Å²) in [6, 6.07) is 21.2. The molecular weight excluding hydrogens is 508 g/mol. The number of hydrogen-bond donors (Lipinski definition) is 1. The number of morpholine rings is 1. The van der Waals surface area contributed by atoms with Crippen molar-refractivity contribution < 1.29 is 28.9 Å². The Balaban J connectivity index is 1.51. The van der Waals surface area contributed by atoms with Crippen LogP contribution in [-0.4, -0.2) is 73.1 Å². The molecule has 1 N–H and O–H groups in total. The Morgan fingerprint density at radius 1 is 0.950 bits per heavy atom. The number of aliphatic hydroxyl groups excluding tert-OH is 1. The van der Waals surface area contributed by atoms with Gasteiger partial charge in [-0.25, -0.2) is 0 Å². The van der Waals surface area contributed by atoms with E-state index in [0.717, 1.165) is 25.2 Å². The van der Waals surface area contributed by atoms with Gasteiger partial charge < -0.3 is 24.2 Å². The van der Waals surface area contributed by atoms with Gasteiger partial charge in [0.1, 0.15) is 23.0 Å². The summed E-state index contributed by atoms with van der Waals surface area (Å²) < 4.78 is 16.8. The number of ketones is 1. The molecule has 5 rings (SSSR count). The van der Waals surface area contributed by atoms with Gasteiger partial charge in [0.25, 0.3) is 11.7 Å². The van der Waals surface area contributed by atoms with Gasteiger partial charge in [-0.05, 0) is 66.9 Å². The molecule has 2 heterocycles. The molecule has 8 nitrogen and oxygen atoms in total. The third-order valence-electron chi connectivity index (χ3n) is 7.34. The number of carbonyl (C=O) groups is 2. The van der Waals surface area contributed by atoms with E-state index in [1.54, 1.807) is 30.2 Å². The molecule has 3 aromatic carbocycles. The number of Topliss-reactive ketones (excluding diaryl/α,β-unsaturated/α-hetero) is 1. The van der Waals surface area contributed by atoms with Crippen LogP contribution in [0.4, 0.5) is 0 Å². The third kappa shape index (κ3) is 5.88. The molecule has 1 unspecified atom stereocenters. The highest BCUT2D eigenvalue weighted by Crippen LogP contribution is 2.41. The Labute approximate surface area is 234 Å². The number of ether oxygens (including phenoxy) is 3. The topological polar surface area (TPSA) is 88.5 Å². The Morgan fingerprint density at radius 3 is 2.42 bits per heavy atom. The summed E-state index contributed by atoms with van der Waals surface area (Å²) in [6.45, 7) is 6.10. The number of likely N-dealkylation sites (tertiary alicyclic amines) is 1. The molecule has 0 aliphatic carbocycles. The van der Waals surface area contributed by atoms with Crippen LogP contribution in [0.2, 0.25) is 0 Å². The van der Waals surface area contributed by atoms with Crippen molar-refractivity contribution in [1.29, 1.82) is 0 Å². The van der Waals surface area contributed by atoms with Crippen molar-refractivity contribution in [2.24, 2.45) is 0 Å². The highest BCUT2D eigenvalue weighted by atomic mass is 16.5. The van der Waals surface area contributed by atoms with E-state index in [-0.39, 0.29) is 11.3 Å². The second-order valence-corrected chi connectivity index (χ2v) is 9.97. The number of hydrogen-bond acceptors (Lipinski definition) is 7. The van der Waals surface area contributed by atoms with Crippen molar-refractivity contribution in [3.05, 3.63) is 95.1 Å². The Morgan fingerprint density at radius 2 is 1.70 bits per heavy atom. The molecular formula is C32H34N2O6. The molecule has 1 atom stereocenters. The zero-order chi connectivity index (χ0) is 28.1. The first kappa shape index (κ1) is 27.4. The highest BCUT2D eigenvalue weighted by molar-refractivity contribution is 6.46. The fourth-order valence-corrected chi connectivity index (χ4v) is 5.30. The van der Waals surface area contributed by atoms with Crippen LogP contribution in [0.15, 0.2) is 78.4 Å². The normalized spacial score (nSPS) is 19.1. The number of aryl methyl sites for hydroxylation is 1. The van der Waals surface area contributed by atoms with E-state index >= 15 is 0 Å². The predicted molar refractivity (Wildman–Crippen MR) is 152 cm³/mol. The summed E-state index contributed by atoms with van der Waals surface area (Å²) in [5.41, 5.74) is 2.01. The second-order valence-electron chi connectivity index (χ2n) is 9.97. The maximum Gasteiger partial charge on any atom is 0.295 e. The van der Waals surface area contributed by atoms with Crippen LogP contribution in [-0.2, 0) is 14.3 Å². The average Bonchev–Trinajstić information content (AvgIpc) is 3.23. The van der Waals surface area contributed by atoms with Crippen LogP contribution < -0.4 is 9.47 Å². The molecule has 2 aliphatic heterocycles. The van der Waals surface area contributed by atoms with E-state index < -0.39 is 17.7 Å². The van der Waals surface area contributed by atoms with Gasteiger partial charge in [-0.3, -0.25) is 14.5 Å². The van der Waals surface area contributed by atoms with Crippen molar-refractivity contribution in [3.63, 3.8) is 0 Å². The summed E-state index contributed by atoms with van der Waals surface area (Å²) in [5.74, 6) is 0.391. The molecule has 0 bridgehead atoms. The van der Waals surface area contributed by atoms with E-state index in [4.69, 9.17) is 14.2 Å². The Hall–Kier alpha value is -4.14. The number of amides is 1. The summed E-state index contributed by atoms with van der Waals surface area (Å²) in [7, 11) is 1.58. The first-order chi connectivity index (χ1) is 19.5. The van der Waals surface area contributed by atoms with Crippen LogP contribution in [0.5, 0.6) is 17.2 Å². The molecule has 0 radical (unpaired) electrons. The molecule has 0 saturated carbocycles. The van der Waals surface area contributed by atoms with Crippen LogP contribution >= 0.6 is 0 Å². The summed E-state index contributed by atoms with van der Waals surface area (Å²) in [5, 5.41) is 11.5. The van der Waals surface area contributed by atoms with Crippen LogP contribution in [0.25, 0.3) is 5.76 Å². The van der Waals surface area contributed by atoms with Gasteiger partial charge in [-0.15, -0.1) is 0 Å². The highest BCUT2D eigenvalue weighted by Gasteiger charge is 2.46. The molecule has 3 aromatic rings. The minimum atomic E-state index is -0.758. The van der Waals surface area contributed by atoms with Crippen LogP contribution in [0.3, 0.4) is 0 Å². The van der Waals surface area contributed by atoms with Gasteiger partial charge in [-0.2, -0.15) is 0 Å². The van der Waals surface area contributed by atoms with Crippen molar-refractivity contribution in [3.8, 4) is 17.2 Å². The van der Waals surface area contributed by atoms with Gasteiger partial charge in [0.05, 0.1) is 31.9 Å². The van der Waals surface area contributed by atoms with Gasteiger partial charge in [0.15, 0.2) is 0 Å². The van der Waals surface area contributed by atoms with Gasteiger partial charge in [0.2, 0.25) is 0 Å². The zero-order valence-electron chi connectivity index (χ0n) is 22.8. The van der Waals surface area contributed by atoms with E-state index in [9.17, 15) is 14.7 Å². The number of nitrogens with zero attached hydrogens (tertiary/aromatic N) is 2. The average molecular weight is 543 g/mol. The number of rotatable bonds is 9. The molecule has 2 aliphatic rings. The van der Waals surface area contributed by atoms with E-state index in [0.29, 0.717) is 54.6 Å². The van der Waals surface area contributed by atoms with E-state index in [1.807, 2.05) is 61.5 Å². The van der Waals surface area contributed by atoms with Crippen molar-refractivity contribution >= 4 is 17.4 Å². The molecule has 40 heavy (non-hydrogen) atoms. The number of aliphatic hydroxyl groups is 1. The standard InChI is InChI=1S/C32H34N2O6/c1-22-20-24(12-13-27(22)38-2)30(35)28-29(23-8-6-11-26(21-23)40-25-9-4-3-5-10-25)34(32(37)31(28)36)15-7-14-33-16-18-39-19-17-33/h3-6,8-13,20-21,29,35H,7,14-19H2,1-2H3/b30-28-. The van der Waals surface area contributed by atoms with Crippen molar-refractivity contribution in [2.45, 2.75) is 19.4 Å². The molecule has 2 saturated heterocycles.